The molecule has 4 bridgehead atoms. The molecule has 7 aliphatic rings. The van der Waals surface area contributed by atoms with E-state index in [1.807, 2.05) is 13.0 Å². The summed E-state index contributed by atoms with van der Waals surface area (Å²) in [7, 11) is 1.73. The zero-order chi connectivity index (χ0) is 25.6. The Labute approximate surface area is 206 Å². The molecule has 5 fully saturated rings. The van der Waals surface area contributed by atoms with Gasteiger partial charge < -0.3 is 19.7 Å². The van der Waals surface area contributed by atoms with Gasteiger partial charge in [-0.25, -0.2) is 0 Å². The van der Waals surface area contributed by atoms with Gasteiger partial charge in [0.05, 0.1) is 5.60 Å². The second-order valence-electron chi connectivity index (χ2n) is 13.5. The van der Waals surface area contributed by atoms with Crippen LogP contribution in [0, 0.1) is 22.7 Å². The van der Waals surface area contributed by atoms with E-state index < -0.39 is 35.6 Å². The van der Waals surface area contributed by atoms with Crippen molar-refractivity contribution in [3.05, 3.63) is 23.3 Å². The van der Waals surface area contributed by atoms with Gasteiger partial charge in [0.15, 0.2) is 11.5 Å². The third kappa shape index (κ3) is 2.25. The van der Waals surface area contributed by atoms with E-state index >= 15 is 0 Å². The third-order valence-electron chi connectivity index (χ3n) is 11.4. The van der Waals surface area contributed by atoms with Crippen molar-refractivity contribution < 1.29 is 22.4 Å². The average molecular weight is 472 g/mol. The van der Waals surface area contributed by atoms with Crippen molar-refractivity contribution >= 4 is 0 Å². The Morgan fingerprint density at radius 3 is 2.68 bits per heavy atom. The first-order chi connectivity index (χ1) is 16.9. The second-order valence-corrected chi connectivity index (χ2v) is 13.5. The molecule has 9 atom stereocenters. The lowest BCUT2D eigenvalue weighted by molar-refractivity contribution is -0.312. The predicted octanol–water partition coefficient (Wildman–Crippen LogP) is 4.41. The highest BCUT2D eigenvalue weighted by Crippen LogP contribution is 2.78. The molecule has 186 valence electrons. The molecule has 4 saturated carbocycles. The van der Waals surface area contributed by atoms with E-state index in [2.05, 4.69) is 25.7 Å². The van der Waals surface area contributed by atoms with Gasteiger partial charge in [0.25, 0.3) is 0 Å². The molecule has 1 aromatic rings. The summed E-state index contributed by atoms with van der Waals surface area (Å²) in [6.45, 7) is 8.47. The van der Waals surface area contributed by atoms with Crippen molar-refractivity contribution in [3.8, 4) is 11.5 Å². The van der Waals surface area contributed by atoms with Crippen molar-refractivity contribution in [2.75, 3.05) is 20.2 Å². The number of fused-ring (bicyclic) bond motifs is 2. The standard InChI is InChI=1S/C29H41NO4/c1-25(2,3)26(4,32)20-15-27-10-11-29(20,33-5)24-28(27)12-13-30(16-17-6-7-17)21(27)14-18-8-9-19(31)23(34-24)22(18)28/h8-9,17,20-21,24,31-32H,6-7,10-16H2,1-5H3/t20-,21-,24-,26+,27-,28+,29-/m1/s1/i12T,13T/t12?,13?,20-,21-,24-,26+,27-,28+,29-. The number of nitrogens with zero attached hydrogens (tertiary/aromatic N) is 1. The van der Waals surface area contributed by atoms with Crippen LogP contribution in [0.1, 0.15) is 80.1 Å². The van der Waals surface area contributed by atoms with Crippen molar-refractivity contribution in [2.24, 2.45) is 22.7 Å². The minimum absolute atomic E-state index is 0.115. The van der Waals surface area contributed by atoms with Gasteiger partial charge in [-0.2, -0.15) is 0 Å². The molecule has 5 heteroatoms. The molecule has 0 amide bonds. The van der Waals surface area contributed by atoms with Crippen molar-refractivity contribution in [1.82, 2.24) is 4.90 Å². The molecular weight excluding hydrogens is 426 g/mol. The number of ether oxygens (including phenoxy) is 2. The number of benzene rings is 1. The number of aromatic hydroxyl groups is 1. The number of hydrogen-bond donors (Lipinski definition) is 2. The molecule has 0 aromatic heterocycles. The smallest absolute Gasteiger partial charge is 0.165 e. The molecule has 5 aliphatic carbocycles. The minimum Gasteiger partial charge on any atom is -0.504 e. The number of piperidine rings is 1. The van der Waals surface area contributed by atoms with Crippen LogP contribution in [0.2, 0.25) is 0 Å². The molecule has 1 aromatic carbocycles. The maximum absolute atomic E-state index is 12.2. The number of rotatable bonds is 4. The Hall–Kier alpha value is -1.30. The second kappa shape index (κ2) is 6.33. The molecule has 0 radical (unpaired) electrons. The van der Waals surface area contributed by atoms with E-state index in [0.717, 1.165) is 43.4 Å². The van der Waals surface area contributed by atoms with E-state index in [-0.39, 0.29) is 28.5 Å². The Kier molecular flexibility index (Phi) is 3.69. The summed E-state index contributed by atoms with van der Waals surface area (Å²) >= 11 is 0. The molecule has 2 aliphatic heterocycles. The Morgan fingerprint density at radius 1 is 1.24 bits per heavy atom. The third-order valence-corrected chi connectivity index (χ3v) is 11.4. The highest BCUT2D eigenvalue weighted by Gasteiger charge is 2.82. The van der Waals surface area contributed by atoms with E-state index in [9.17, 15) is 13.0 Å². The molecule has 34 heavy (non-hydrogen) atoms. The van der Waals surface area contributed by atoms with Crippen LogP contribution in [-0.2, 0) is 16.6 Å². The molecule has 1 saturated heterocycles. The summed E-state index contributed by atoms with van der Waals surface area (Å²) in [5.41, 5.74) is -1.15. The van der Waals surface area contributed by atoms with Crippen LogP contribution in [0.15, 0.2) is 12.1 Å². The topological polar surface area (TPSA) is 62.2 Å². The fraction of sp³-hybridized carbons (Fsp3) is 0.793. The first-order valence-electron chi connectivity index (χ1n) is 14.4. The largest absolute Gasteiger partial charge is 0.504 e. The quantitative estimate of drug-likeness (QED) is 0.681. The maximum atomic E-state index is 12.2. The number of aliphatic hydroxyl groups is 1. The fourth-order valence-corrected chi connectivity index (χ4v) is 9.02. The van der Waals surface area contributed by atoms with Gasteiger partial charge >= 0.3 is 0 Å². The van der Waals surface area contributed by atoms with Crippen LogP contribution >= 0.6 is 0 Å². The molecule has 2 heterocycles. The number of methoxy groups -OCH3 is 1. The van der Waals surface area contributed by atoms with Gasteiger partial charge in [0.1, 0.15) is 11.7 Å². The first kappa shape index (κ1) is 19.8. The summed E-state index contributed by atoms with van der Waals surface area (Å²) in [4.78, 5) is 2.36. The Balaban J connectivity index is 1.52. The molecule has 5 nitrogen and oxygen atoms in total. The summed E-state index contributed by atoms with van der Waals surface area (Å²) in [5.74, 6) is 1.05. The minimum atomic E-state index is -1.04. The number of hydrogen-bond acceptors (Lipinski definition) is 5. The van der Waals surface area contributed by atoms with E-state index in [0.29, 0.717) is 11.7 Å². The van der Waals surface area contributed by atoms with Crippen LogP contribution in [-0.4, -0.2) is 58.6 Å². The first-order valence-corrected chi connectivity index (χ1v) is 13.3. The van der Waals surface area contributed by atoms with Crippen LogP contribution in [0.25, 0.3) is 0 Å². The Morgan fingerprint density at radius 2 is 2.00 bits per heavy atom. The van der Waals surface area contributed by atoms with Gasteiger partial charge in [0.2, 0.25) is 0 Å². The fourth-order valence-electron chi connectivity index (χ4n) is 9.02. The monoisotopic (exact) mass is 471 g/mol. The van der Waals surface area contributed by atoms with E-state index in [1.165, 1.54) is 12.8 Å². The van der Waals surface area contributed by atoms with Gasteiger partial charge in [-0.15, -0.1) is 0 Å². The predicted molar refractivity (Wildman–Crippen MR) is 130 cm³/mol. The molecule has 8 rings (SSSR count). The highest BCUT2D eigenvalue weighted by atomic mass is 16.6. The summed E-state index contributed by atoms with van der Waals surface area (Å²) in [6.07, 6.45) is 4.37. The summed E-state index contributed by atoms with van der Waals surface area (Å²) < 4.78 is 32.5. The van der Waals surface area contributed by atoms with Crippen LogP contribution in [0.4, 0.5) is 0 Å². The molecule has 2 N–H and O–H groups in total. The summed E-state index contributed by atoms with van der Waals surface area (Å²) in [5, 5.41) is 23.2. The van der Waals surface area contributed by atoms with Crippen LogP contribution in [0.3, 0.4) is 0 Å². The molecule has 2 spiro atoms. The lowest BCUT2D eigenvalue weighted by Crippen LogP contribution is -2.83. The van der Waals surface area contributed by atoms with Crippen molar-refractivity contribution in [1.29, 1.82) is 0 Å². The van der Waals surface area contributed by atoms with Crippen molar-refractivity contribution in [3.63, 3.8) is 0 Å². The van der Waals surface area contributed by atoms with Crippen LogP contribution < -0.4 is 4.74 Å². The van der Waals surface area contributed by atoms with Crippen LogP contribution in [0.5, 0.6) is 11.5 Å². The van der Waals surface area contributed by atoms with Gasteiger partial charge in [-0.3, -0.25) is 4.90 Å². The Bertz CT molecular complexity index is 1130. The van der Waals surface area contributed by atoms with Crippen molar-refractivity contribution in [2.45, 2.75) is 101 Å². The zero-order valence-electron chi connectivity index (χ0n) is 23.2. The van der Waals surface area contributed by atoms with E-state index in [1.54, 1.807) is 13.2 Å². The SMILES string of the molecule is [3H]C1C([3H])[C@]23c4c5ccc(O)c4O[C@H]2[C@@]2(OC)CC[C@@]3(C[C@@H]2[C@](C)(O)C(C)(C)C)[C@@H](C5)N1CC1CC1. The van der Waals surface area contributed by atoms with Gasteiger partial charge in [0, 0.05) is 44.7 Å². The molecule has 2 unspecified atom stereocenters. The number of likely N-dealkylation sites (tertiary alicyclic amines) is 1. The summed E-state index contributed by atoms with van der Waals surface area (Å²) in [6, 6.07) is 3.88. The maximum Gasteiger partial charge on any atom is 0.165 e. The normalized spacial score (nSPS) is 49.1. The lowest BCUT2D eigenvalue weighted by Gasteiger charge is -2.75. The zero-order valence-corrected chi connectivity index (χ0v) is 21.2. The molecular formula is C29H41NO4. The van der Waals surface area contributed by atoms with E-state index in [4.69, 9.17) is 9.47 Å². The average Bonchev–Trinajstić information content (AvgIpc) is 3.57. The number of phenolic OH excluding ortho intramolecular Hbond substituents is 1. The highest BCUT2D eigenvalue weighted by molar-refractivity contribution is 5.63. The number of phenols is 1. The van der Waals surface area contributed by atoms with Gasteiger partial charge in [-0.05, 0) is 81.3 Å². The van der Waals surface area contributed by atoms with Gasteiger partial charge in [-0.1, -0.05) is 26.8 Å². The lowest BCUT2D eigenvalue weighted by atomic mass is 9.33.